The van der Waals surface area contributed by atoms with Gasteiger partial charge in [-0.05, 0) is 24.3 Å². The molecular formula is C27H25N5O. The van der Waals surface area contributed by atoms with E-state index in [1.54, 1.807) is 0 Å². The number of benzene rings is 2. The van der Waals surface area contributed by atoms with Gasteiger partial charge in [0.15, 0.2) is 0 Å². The lowest BCUT2D eigenvalue weighted by Crippen LogP contribution is -2.48. The molecule has 33 heavy (non-hydrogen) atoms. The van der Waals surface area contributed by atoms with E-state index >= 15 is 0 Å². The molecule has 6 rings (SSSR count). The number of hydrogen-bond acceptors (Lipinski definition) is 3. The number of imidazole rings is 1. The van der Waals surface area contributed by atoms with Crippen molar-refractivity contribution in [2.24, 2.45) is 0 Å². The van der Waals surface area contributed by atoms with Gasteiger partial charge in [-0.3, -0.25) is 9.69 Å². The number of para-hydroxylation sites is 1. The third kappa shape index (κ3) is 3.68. The van der Waals surface area contributed by atoms with Crippen molar-refractivity contribution in [2.75, 3.05) is 26.2 Å². The van der Waals surface area contributed by atoms with Crippen LogP contribution in [0.1, 0.15) is 16.2 Å². The average Bonchev–Trinajstić information content (AvgIpc) is 3.47. The molecule has 0 spiro atoms. The van der Waals surface area contributed by atoms with Gasteiger partial charge in [-0.15, -0.1) is 0 Å². The molecule has 0 unspecified atom stereocenters. The molecule has 0 bridgehead atoms. The first-order valence-electron chi connectivity index (χ1n) is 11.4. The zero-order valence-electron chi connectivity index (χ0n) is 18.3. The molecule has 1 N–H and O–H groups in total. The van der Waals surface area contributed by atoms with Crippen molar-refractivity contribution in [1.82, 2.24) is 24.2 Å². The largest absolute Gasteiger partial charge is 0.351 e. The smallest absolute Gasteiger partial charge is 0.270 e. The highest BCUT2D eigenvalue weighted by atomic mass is 16.2. The van der Waals surface area contributed by atoms with Crippen LogP contribution in [0.4, 0.5) is 0 Å². The molecule has 1 saturated heterocycles. The standard InChI is InChI=1S/C27H25N5O/c33-27(23-18-21-10-4-5-11-22(21)28-23)31-16-14-30(15-17-31)19-24-26(20-8-2-1-3-9-20)29-25-12-6-7-13-32(24)25/h1-13,18,28H,14-17,19H2. The Hall–Kier alpha value is -3.90. The summed E-state index contributed by atoms with van der Waals surface area (Å²) in [6.07, 6.45) is 2.08. The lowest BCUT2D eigenvalue weighted by Gasteiger charge is -2.34. The fourth-order valence-corrected chi connectivity index (χ4v) is 4.70. The topological polar surface area (TPSA) is 56.6 Å². The van der Waals surface area contributed by atoms with E-state index in [0.717, 1.165) is 47.4 Å². The number of aromatic nitrogens is 3. The van der Waals surface area contributed by atoms with Crippen LogP contribution in [0.5, 0.6) is 0 Å². The summed E-state index contributed by atoms with van der Waals surface area (Å²) in [7, 11) is 0. The molecule has 3 aromatic heterocycles. The van der Waals surface area contributed by atoms with Gasteiger partial charge in [0.1, 0.15) is 11.3 Å². The minimum atomic E-state index is 0.0747. The van der Waals surface area contributed by atoms with Crippen LogP contribution in [0.25, 0.3) is 27.8 Å². The molecule has 1 aliphatic rings. The zero-order chi connectivity index (χ0) is 22.2. The van der Waals surface area contributed by atoms with Crippen molar-refractivity contribution in [2.45, 2.75) is 6.54 Å². The molecule has 1 aliphatic heterocycles. The Morgan fingerprint density at radius 1 is 0.879 bits per heavy atom. The van der Waals surface area contributed by atoms with E-state index in [1.807, 2.05) is 59.5 Å². The van der Waals surface area contributed by atoms with Crippen LogP contribution in [-0.4, -0.2) is 56.3 Å². The molecule has 4 heterocycles. The maximum Gasteiger partial charge on any atom is 0.270 e. The van der Waals surface area contributed by atoms with Gasteiger partial charge in [0.2, 0.25) is 0 Å². The highest BCUT2D eigenvalue weighted by Gasteiger charge is 2.25. The minimum Gasteiger partial charge on any atom is -0.351 e. The molecule has 5 aromatic rings. The Morgan fingerprint density at radius 3 is 2.45 bits per heavy atom. The molecule has 2 aromatic carbocycles. The minimum absolute atomic E-state index is 0.0747. The molecule has 1 amide bonds. The van der Waals surface area contributed by atoms with Gasteiger partial charge in [0.25, 0.3) is 5.91 Å². The fourth-order valence-electron chi connectivity index (χ4n) is 4.70. The van der Waals surface area contributed by atoms with Crippen molar-refractivity contribution in [3.63, 3.8) is 0 Å². The van der Waals surface area contributed by atoms with Crippen LogP contribution in [0.2, 0.25) is 0 Å². The molecule has 0 atom stereocenters. The second-order valence-corrected chi connectivity index (χ2v) is 8.54. The van der Waals surface area contributed by atoms with Crippen LogP contribution >= 0.6 is 0 Å². The Balaban J connectivity index is 1.20. The molecule has 0 radical (unpaired) electrons. The number of hydrogen-bond donors (Lipinski definition) is 1. The number of nitrogens with zero attached hydrogens (tertiary/aromatic N) is 4. The monoisotopic (exact) mass is 435 g/mol. The Bertz CT molecular complexity index is 1390. The molecule has 6 nitrogen and oxygen atoms in total. The number of amides is 1. The number of nitrogens with one attached hydrogen (secondary N) is 1. The SMILES string of the molecule is O=C(c1cc2ccccc2[nH]1)N1CCN(Cc2c(-c3ccccc3)nc3ccccn23)CC1. The number of rotatable bonds is 4. The van der Waals surface area contributed by atoms with Crippen molar-refractivity contribution < 1.29 is 4.79 Å². The van der Waals surface area contributed by atoms with Crippen LogP contribution in [0.3, 0.4) is 0 Å². The number of aromatic amines is 1. The first kappa shape index (κ1) is 19.8. The molecule has 0 saturated carbocycles. The number of H-pyrrole nitrogens is 1. The highest BCUT2D eigenvalue weighted by molar-refractivity contribution is 5.98. The summed E-state index contributed by atoms with van der Waals surface area (Å²) in [5.41, 5.74) is 5.96. The highest BCUT2D eigenvalue weighted by Crippen LogP contribution is 2.26. The lowest BCUT2D eigenvalue weighted by atomic mass is 10.1. The molecule has 6 heteroatoms. The Kier molecular flexibility index (Phi) is 4.92. The number of fused-ring (bicyclic) bond motifs is 2. The summed E-state index contributed by atoms with van der Waals surface area (Å²) in [6, 6.07) is 26.4. The summed E-state index contributed by atoms with van der Waals surface area (Å²) in [5, 5.41) is 1.07. The fraction of sp³-hybridized carbons (Fsp3) is 0.185. The second-order valence-electron chi connectivity index (χ2n) is 8.54. The third-order valence-electron chi connectivity index (χ3n) is 6.47. The Labute approximate surface area is 192 Å². The Morgan fingerprint density at radius 2 is 1.64 bits per heavy atom. The van der Waals surface area contributed by atoms with Crippen LogP contribution < -0.4 is 0 Å². The van der Waals surface area contributed by atoms with Gasteiger partial charge in [-0.1, -0.05) is 54.6 Å². The molecular weight excluding hydrogens is 410 g/mol. The molecule has 0 aliphatic carbocycles. The number of carbonyl (C=O) groups excluding carboxylic acids is 1. The first-order chi connectivity index (χ1) is 16.3. The predicted molar refractivity (Wildman–Crippen MR) is 130 cm³/mol. The summed E-state index contributed by atoms with van der Waals surface area (Å²) >= 11 is 0. The zero-order valence-corrected chi connectivity index (χ0v) is 18.3. The summed E-state index contributed by atoms with van der Waals surface area (Å²) < 4.78 is 2.18. The van der Waals surface area contributed by atoms with Crippen molar-refractivity contribution in [3.05, 3.63) is 96.4 Å². The van der Waals surface area contributed by atoms with Crippen molar-refractivity contribution >= 4 is 22.5 Å². The van der Waals surface area contributed by atoms with E-state index in [9.17, 15) is 4.79 Å². The predicted octanol–water partition coefficient (Wildman–Crippen LogP) is 4.44. The average molecular weight is 436 g/mol. The molecule has 1 fully saturated rings. The van der Waals surface area contributed by atoms with Gasteiger partial charge in [0.05, 0.1) is 11.4 Å². The number of carbonyl (C=O) groups is 1. The van der Waals surface area contributed by atoms with Crippen LogP contribution in [-0.2, 0) is 6.54 Å². The van der Waals surface area contributed by atoms with E-state index in [-0.39, 0.29) is 5.91 Å². The maximum atomic E-state index is 13.1. The molecule has 164 valence electrons. The van der Waals surface area contributed by atoms with Gasteiger partial charge in [-0.2, -0.15) is 0 Å². The summed E-state index contributed by atoms with van der Waals surface area (Å²) in [6.45, 7) is 3.89. The van der Waals surface area contributed by atoms with Crippen molar-refractivity contribution in [1.29, 1.82) is 0 Å². The van der Waals surface area contributed by atoms with E-state index in [2.05, 4.69) is 44.7 Å². The lowest BCUT2D eigenvalue weighted by molar-refractivity contribution is 0.0622. The summed E-state index contributed by atoms with van der Waals surface area (Å²) in [5.74, 6) is 0.0747. The quantitative estimate of drug-likeness (QED) is 0.454. The van der Waals surface area contributed by atoms with Gasteiger partial charge < -0.3 is 14.3 Å². The van der Waals surface area contributed by atoms with Gasteiger partial charge >= 0.3 is 0 Å². The number of pyridine rings is 1. The van der Waals surface area contributed by atoms with E-state index in [1.165, 1.54) is 5.69 Å². The first-order valence-corrected chi connectivity index (χ1v) is 11.4. The second kappa shape index (κ2) is 8.22. The van der Waals surface area contributed by atoms with E-state index in [0.29, 0.717) is 18.8 Å². The van der Waals surface area contributed by atoms with Gasteiger partial charge in [-0.25, -0.2) is 4.98 Å². The van der Waals surface area contributed by atoms with Crippen LogP contribution in [0.15, 0.2) is 85.1 Å². The maximum absolute atomic E-state index is 13.1. The van der Waals surface area contributed by atoms with Crippen LogP contribution in [0, 0.1) is 0 Å². The van der Waals surface area contributed by atoms with E-state index in [4.69, 9.17) is 4.98 Å². The van der Waals surface area contributed by atoms with Crippen molar-refractivity contribution in [3.8, 4) is 11.3 Å². The van der Waals surface area contributed by atoms with Gasteiger partial charge in [0, 0.05) is 55.4 Å². The third-order valence-corrected chi connectivity index (χ3v) is 6.47. The van der Waals surface area contributed by atoms with E-state index < -0.39 is 0 Å². The normalized spacial score (nSPS) is 14.8. The summed E-state index contributed by atoms with van der Waals surface area (Å²) in [4.78, 5) is 25.6. The number of piperazine rings is 1.